The van der Waals surface area contributed by atoms with Crippen molar-refractivity contribution in [3.05, 3.63) is 0 Å². The van der Waals surface area contributed by atoms with Crippen molar-refractivity contribution < 1.29 is 19.7 Å². The Balaban J connectivity index is 2.15. The number of alkyl halides is 1. The van der Waals surface area contributed by atoms with Gasteiger partial charge in [0, 0.05) is 13.1 Å². The number of fused-ring (bicyclic) bond motifs is 1. The molecule has 3 N–H and O–H groups in total. The van der Waals surface area contributed by atoms with Crippen LogP contribution in [0.25, 0.3) is 0 Å². The van der Waals surface area contributed by atoms with Crippen molar-refractivity contribution in [2.75, 3.05) is 13.1 Å². The number of hydrogen-bond donors (Lipinski definition) is 3. The quantitative estimate of drug-likeness (QED) is 0.436. The third-order valence-corrected chi connectivity index (χ3v) is 3.01. The fraction of sp³-hybridized carbons (Fsp3) is 1.00. The van der Waals surface area contributed by atoms with Gasteiger partial charge in [0.05, 0.1) is 12.1 Å². The molecule has 13 heavy (non-hydrogen) atoms. The topological polar surface area (TPSA) is 63.9 Å². The molecule has 5 unspecified atom stereocenters. The molecule has 2 saturated heterocycles. The molecule has 2 aliphatic heterocycles. The number of aliphatic hydroxyl groups is 3. The van der Waals surface area contributed by atoms with Crippen LogP contribution in [0.5, 0.6) is 0 Å². The highest BCUT2D eigenvalue weighted by Crippen LogP contribution is 2.29. The minimum atomic E-state index is -1.41. The average Bonchev–Trinajstić information content (AvgIpc) is 2.43. The molecule has 2 heterocycles. The minimum absolute atomic E-state index is 0.111. The maximum absolute atomic E-state index is 13.1. The van der Waals surface area contributed by atoms with Crippen LogP contribution >= 0.6 is 0 Å². The zero-order valence-electron chi connectivity index (χ0n) is 7.17. The predicted molar refractivity (Wildman–Crippen MR) is 42.9 cm³/mol. The van der Waals surface area contributed by atoms with E-state index in [0.717, 1.165) is 0 Å². The lowest BCUT2D eigenvalue weighted by atomic mass is 9.94. The Morgan fingerprint density at radius 2 is 1.85 bits per heavy atom. The van der Waals surface area contributed by atoms with E-state index < -0.39 is 30.5 Å². The lowest BCUT2D eigenvalue weighted by molar-refractivity contribution is -0.120. The molecule has 0 bridgehead atoms. The number of piperidine rings is 1. The third kappa shape index (κ3) is 1.36. The summed E-state index contributed by atoms with van der Waals surface area (Å²) in [5.74, 6) is 0. The van der Waals surface area contributed by atoms with Crippen molar-refractivity contribution >= 4 is 0 Å². The summed E-state index contributed by atoms with van der Waals surface area (Å²) in [4.78, 5) is 1.70. The summed E-state index contributed by atoms with van der Waals surface area (Å²) in [6, 6.07) is -0.484. The number of aliphatic hydroxyl groups excluding tert-OH is 3. The summed E-state index contributed by atoms with van der Waals surface area (Å²) in [6.45, 7) is 0.704. The van der Waals surface area contributed by atoms with Gasteiger partial charge in [-0.15, -0.1) is 0 Å². The van der Waals surface area contributed by atoms with Crippen LogP contribution in [-0.4, -0.2) is 63.8 Å². The first-order valence-electron chi connectivity index (χ1n) is 4.53. The molecule has 4 nitrogen and oxygen atoms in total. The van der Waals surface area contributed by atoms with Gasteiger partial charge in [-0.25, -0.2) is 4.39 Å². The number of halogens is 1. The van der Waals surface area contributed by atoms with Crippen LogP contribution in [0, 0.1) is 0 Å². The standard InChI is InChI=1S/C8H14FNO3/c9-4-3-10-2-1-5(11)6(10)8(13)7(4)12/h4-8,11-13H,1-3H2. The second-order valence-electron chi connectivity index (χ2n) is 3.84. The second kappa shape index (κ2) is 3.16. The van der Waals surface area contributed by atoms with Crippen molar-refractivity contribution in [2.45, 2.75) is 36.9 Å². The first-order valence-corrected chi connectivity index (χ1v) is 4.53. The molecule has 0 aromatic carbocycles. The SMILES string of the molecule is OC1CCN2CC(F)C(O)C(O)C12. The van der Waals surface area contributed by atoms with Crippen LogP contribution < -0.4 is 0 Å². The van der Waals surface area contributed by atoms with Crippen molar-refractivity contribution in [3.63, 3.8) is 0 Å². The van der Waals surface area contributed by atoms with E-state index in [9.17, 15) is 19.7 Å². The molecule has 0 spiro atoms. The Bertz CT molecular complexity index is 204. The van der Waals surface area contributed by atoms with Gasteiger partial charge in [-0.3, -0.25) is 4.90 Å². The largest absolute Gasteiger partial charge is 0.391 e. The average molecular weight is 191 g/mol. The summed E-state index contributed by atoms with van der Waals surface area (Å²) >= 11 is 0. The molecule has 2 fully saturated rings. The highest BCUT2D eigenvalue weighted by molar-refractivity contribution is 5.01. The van der Waals surface area contributed by atoms with E-state index in [1.165, 1.54) is 0 Å². The Labute approximate surface area is 75.6 Å². The monoisotopic (exact) mass is 191 g/mol. The normalized spacial score (nSPS) is 52.2. The van der Waals surface area contributed by atoms with E-state index in [-0.39, 0.29) is 6.54 Å². The highest BCUT2D eigenvalue weighted by atomic mass is 19.1. The van der Waals surface area contributed by atoms with Crippen molar-refractivity contribution in [1.82, 2.24) is 4.90 Å². The van der Waals surface area contributed by atoms with Crippen molar-refractivity contribution in [2.24, 2.45) is 0 Å². The summed E-state index contributed by atoms with van der Waals surface area (Å²) in [6.07, 6.45) is -4.02. The lowest BCUT2D eigenvalue weighted by Gasteiger charge is -2.39. The van der Waals surface area contributed by atoms with E-state index in [2.05, 4.69) is 0 Å². The molecule has 0 aliphatic carbocycles. The van der Waals surface area contributed by atoms with Gasteiger partial charge < -0.3 is 15.3 Å². The van der Waals surface area contributed by atoms with Crippen LogP contribution in [0.15, 0.2) is 0 Å². The van der Waals surface area contributed by atoms with Crippen LogP contribution in [0.3, 0.4) is 0 Å². The van der Waals surface area contributed by atoms with E-state index in [4.69, 9.17) is 0 Å². The first-order chi connectivity index (χ1) is 6.11. The molecule has 76 valence electrons. The number of nitrogens with zero attached hydrogens (tertiary/aromatic N) is 1. The van der Waals surface area contributed by atoms with Crippen molar-refractivity contribution in [1.29, 1.82) is 0 Å². The fourth-order valence-corrected chi connectivity index (χ4v) is 2.27. The molecule has 0 aromatic rings. The Hall–Kier alpha value is -0.230. The fourth-order valence-electron chi connectivity index (χ4n) is 2.27. The first kappa shape index (κ1) is 9.33. The molecule has 5 atom stereocenters. The Morgan fingerprint density at radius 3 is 2.54 bits per heavy atom. The second-order valence-corrected chi connectivity index (χ2v) is 3.84. The van der Waals surface area contributed by atoms with Gasteiger partial charge >= 0.3 is 0 Å². The van der Waals surface area contributed by atoms with Gasteiger partial charge in [0.25, 0.3) is 0 Å². The van der Waals surface area contributed by atoms with Crippen molar-refractivity contribution in [3.8, 4) is 0 Å². The highest BCUT2D eigenvalue weighted by Gasteiger charge is 2.48. The smallest absolute Gasteiger partial charge is 0.141 e. The van der Waals surface area contributed by atoms with Crippen LogP contribution in [0.1, 0.15) is 6.42 Å². The molecule has 2 rings (SSSR count). The van der Waals surface area contributed by atoms with Crippen LogP contribution in [-0.2, 0) is 0 Å². The van der Waals surface area contributed by atoms with E-state index in [0.29, 0.717) is 13.0 Å². The van der Waals surface area contributed by atoms with E-state index >= 15 is 0 Å². The molecular weight excluding hydrogens is 177 g/mol. The molecule has 0 saturated carbocycles. The minimum Gasteiger partial charge on any atom is -0.391 e. The Morgan fingerprint density at radius 1 is 1.15 bits per heavy atom. The summed E-state index contributed by atoms with van der Waals surface area (Å²) in [7, 11) is 0. The molecule has 0 amide bonds. The summed E-state index contributed by atoms with van der Waals surface area (Å²) in [5.41, 5.74) is 0. The van der Waals surface area contributed by atoms with Gasteiger partial charge in [0.15, 0.2) is 0 Å². The van der Waals surface area contributed by atoms with Gasteiger partial charge in [-0.1, -0.05) is 0 Å². The predicted octanol–water partition coefficient (Wildman–Crippen LogP) is -1.50. The van der Waals surface area contributed by atoms with Gasteiger partial charge in [0.1, 0.15) is 18.4 Å². The maximum atomic E-state index is 13.1. The Kier molecular flexibility index (Phi) is 2.27. The molecule has 2 aliphatic rings. The van der Waals surface area contributed by atoms with Crippen LogP contribution in [0.2, 0.25) is 0 Å². The lowest BCUT2D eigenvalue weighted by Crippen LogP contribution is -2.60. The van der Waals surface area contributed by atoms with E-state index in [1.54, 1.807) is 4.90 Å². The third-order valence-electron chi connectivity index (χ3n) is 3.01. The molecule has 0 radical (unpaired) electrons. The zero-order chi connectivity index (χ0) is 9.59. The number of rotatable bonds is 0. The zero-order valence-corrected chi connectivity index (χ0v) is 7.17. The molecule has 5 heteroatoms. The summed E-state index contributed by atoms with van der Waals surface area (Å²) < 4.78 is 13.1. The molecular formula is C8H14FNO3. The van der Waals surface area contributed by atoms with Gasteiger partial charge in [0.2, 0.25) is 0 Å². The number of hydrogen-bond acceptors (Lipinski definition) is 4. The van der Waals surface area contributed by atoms with Gasteiger partial charge in [-0.05, 0) is 6.42 Å². The summed E-state index contributed by atoms with van der Waals surface area (Å²) in [5, 5.41) is 28.2. The van der Waals surface area contributed by atoms with E-state index in [1.807, 2.05) is 0 Å². The molecule has 0 aromatic heterocycles. The van der Waals surface area contributed by atoms with Gasteiger partial charge in [-0.2, -0.15) is 0 Å². The van der Waals surface area contributed by atoms with Crippen LogP contribution in [0.4, 0.5) is 4.39 Å². The maximum Gasteiger partial charge on any atom is 0.141 e.